The van der Waals surface area contributed by atoms with E-state index < -0.39 is 23.8 Å². The predicted octanol–water partition coefficient (Wildman–Crippen LogP) is 3.10. The van der Waals surface area contributed by atoms with Crippen LogP contribution in [0, 0.1) is 0 Å². The number of aliphatic carboxylic acids is 2. The van der Waals surface area contributed by atoms with E-state index in [4.69, 9.17) is 10.2 Å². The quantitative estimate of drug-likeness (QED) is 0.122. The number of carbonyl (C=O) groups is 4. The number of hydrogen-bond donors (Lipinski definition) is 4. The summed E-state index contributed by atoms with van der Waals surface area (Å²) in [4.78, 5) is 43.7. The first-order valence-corrected chi connectivity index (χ1v) is 12.7. The minimum absolute atomic E-state index is 0.173. The van der Waals surface area contributed by atoms with Crippen LogP contribution in [0.3, 0.4) is 0 Å². The molecule has 0 heterocycles. The first kappa shape index (κ1) is 25.3. The Bertz CT molecular complexity index is 413. The molecule has 0 bridgehead atoms. The molecule has 0 radical (unpaired) electrons. The fourth-order valence-electron chi connectivity index (χ4n) is 1.54. The number of carboxylic acids is 2. The van der Waals surface area contributed by atoms with E-state index in [-0.39, 0.29) is 12.8 Å². The number of unbranched alkanes of at least 4 members (excludes halogenated alkanes) is 4. The maximum absolute atomic E-state index is 11.5. The summed E-state index contributed by atoms with van der Waals surface area (Å²) in [5.41, 5.74) is 0. The molecule has 150 valence electrons. The first-order chi connectivity index (χ1) is 12.4. The van der Waals surface area contributed by atoms with Crippen molar-refractivity contribution in [2.24, 2.45) is 0 Å². The lowest BCUT2D eigenvalue weighted by molar-refractivity contribution is -0.138. The Labute approximate surface area is 168 Å². The van der Waals surface area contributed by atoms with E-state index in [1.807, 2.05) is 0 Å². The lowest BCUT2D eigenvalue weighted by Crippen LogP contribution is -2.32. The number of amides is 2. The fourth-order valence-corrected chi connectivity index (χ4v) is 4.82. The molecule has 0 unspecified atom stereocenters. The number of carbonyl (C=O) groups excluding carboxylic acids is 2. The van der Waals surface area contributed by atoms with Crippen molar-refractivity contribution in [3.05, 3.63) is 0 Å². The molecule has 0 aliphatic heterocycles. The fraction of sp³-hybridized carbons (Fsp3) is 0.714. The summed E-state index contributed by atoms with van der Waals surface area (Å²) in [6.45, 7) is 0. The van der Waals surface area contributed by atoms with Crippen molar-refractivity contribution in [1.82, 2.24) is 9.44 Å². The normalized spacial score (nSPS) is 10.3. The van der Waals surface area contributed by atoms with E-state index in [9.17, 15) is 19.2 Å². The number of nitrogens with one attached hydrogen (secondary N) is 2. The average Bonchev–Trinajstić information content (AvgIpc) is 2.58. The molecule has 0 rings (SSSR count). The van der Waals surface area contributed by atoms with Gasteiger partial charge in [-0.25, -0.2) is 0 Å². The summed E-state index contributed by atoms with van der Waals surface area (Å²) in [5.74, 6) is -1.50. The average molecular weight is 445 g/mol. The lowest BCUT2D eigenvalue weighted by atomic mass is 10.2. The van der Waals surface area contributed by atoms with Crippen LogP contribution in [0.15, 0.2) is 0 Å². The van der Waals surface area contributed by atoms with E-state index in [2.05, 4.69) is 9.44 Å². The van der Waals surface area contributed by atoms with Crippen molar-refractivity contribution >= 4 is 67.3 Å². The van der Waals surface area contributed by atoms with Gasteiger partial charge in [0.2, 0.25) is 0 Å². The highest BCUT2D eigenvalue weighted by molar-refractivity contribution is 8.76. The van der Waals surface area contributed by atoms with Crippen molar-refractivity contribution in [2.45, 2.75) is 51.4 Å². The van der Waals surface area contributed by atoms with Gasteiger partial charge in [-0.1, -0.05) is 34.4 Å². The zero-order valence-electron chi connectivity index (χ0n) is 14.2. The Morgan fingerprint density at radius 3 is 1.35 bits per heavy atom. The molecule has 8 nitrogen and oxygen atoms in total. The minimum Gasteiger partial charge on any atom is -0.481 e. The second-order valence-electron chi connectivity index (χ2n) is 5.08. The van der Waals surface area contributed by atoms with Gasteiger partial charge in [-0.2, -0.15) is 0 Å². The van der Waals surface area contributed by atoms with Gasteiger partial charge in [0, 0.05) is 46.3 Å². The molecule has 0 saturated heterocycles. The highest BCUT2D eigenvalue weighted by Gasteiger charge is 2.13. The van der Waals surface area contributed by atoms with Gasteiger partial charge in [0.05, 0.1) is 0 Å². The Morgan fingerprint density at radius 2 is 1.00 bits per heavy atom. The third-order valence-electron chi connectivity index (χ3n) is 2.83. The van der Waals surface area contributed by atoms with Crippen molar-refractivity contribution in [2.75, 3.05) is 11.5 Å². The number of carboxylic acid groups (broad SMARTS) is 2. The second kappa shape index (κ2) is 17.7. The van der Waals surface area contributed by atoms with Crippen LogP contribution in [0.4, 0.5) is 0 Å². The maximum atomic E-state index is 11.5. The zero-order valence-corrected chi connectivity index (χ0v) is 17.5. The third-order valence-corrected chi connectivity index (χ3v) is 6.72. The van der Waals surface area contributed by atoms with E-state index in [1.165, 1.54) is 21.6 Å². The van der Waals surface area contributed by atoms with Gasteiger partial charge < -0.3 is 10.2 Å². The third kappa shape index (κ3) is 18.1. The SMILES string of the molecule is O=C(O)CCCCCSSNC(=O)C(=O)NSSCCCCCC(=O)O. The van der Waals surface area contributed by atoms with Gasteiger partial charge in [-0.15, -0.1) is 0 Å². The standard InChI is InChI=1S/C14H24N2O6S4/c17-11(18)7-3-1-5-9-23-25-15-13(21)14(22)16-26-24-10-6-2-4-8-12(19)20/h1-10H2,(H,15,21)(H,16,22)(H,17,18)(H,19,20). The van der Waals surface area contributed by atoms with Gasteiger partial charge in [-0.05, 0) is 25.7 Å². The van der Waals surface area contributed by atoms with Gasteiger partial charge in [0.1, 0.15) is 0 Å². The summed E-state index contributed by atoms with van der Waals surface area (Å²) < 4.78 is 4.85. The molecule has 2 amide bonds. The van der Waals surface area contributed by atoms with E-state index in [1.54, 1.807) is 0 Å². The van der Waals surface area contributed by atoms with Crippen LogP contribution in [0.2, 0.25) is 0 Å². The molecule has 12 heteroatoms. The van der Waals surface area contributed by atoms with Crippen LogP contribution in [0.25, 0.3) is 0 Å². The molecule has 0 aromatic carbocycles. The van der Waals surface area contributed by atoms with E-state index >= 15 is 0 Å². The van der Waals surface area contributed by atoms with Crippen molar-refractivity contribution in [3.63, 3.8) is 0 Å². The molecule has 0 fully saturated rings. The van der Waals surface area contributed by atoms with Gasteiger partial charge in [0.25, 0.3) is 0 Å². The molecule has 0 spiro atoms. The van der Waals surface area contributed by atoms with Gasteiger partial charge in [-0.3, -0.25) is 28.6 Å². The Balaban J connectivity index is 3.42. The molecule has 4 N–H and O–H groups in total. The highest BCUT2D eigenvalue weighted by Crippen LogP contribution is 2.21. The Morgan fingerprint density at radius 1 is 0.615 bits per heavy atom. The molecular formula is C14H24N2O6S4. The van der Waals surface area contributed by atoms with Crippen molar-refractivity contribution < 1.29 is 29.4 Å². The summed E-state index contributed by atoms with van der Waals surface area (Å²) in [6, 6.07) is 0. The van der Waals surface area contributed by atoms with Crippen LogP contribution < -0.4 is 9.44 Å². The molecule has 0 atom stereocenters. The summed E-state index contributed by atoms with van der Waals surface area (Å²) >= 11 is 0. The molecule has 26 heavy (non-hydrogen) atoms. The largest absolute Gasteiger partial charge is 0.481 e. The lowest BCUT2D eigenvalue weighted by Gasteiger charge is -2.04. The summed E-state index contributed by atoms with van der Waals surface area (Å²) in [6.07, 6.45) is 4.97. The molecule has 0 aromatic rings. The van der Waals surface area contributed by atoms with Crippen LogP contribution in [0.5, 0.6) is 0 Å². The summed E-state index contributed by atoms with van der Waals surface area (Å²) in [7, 11) is 4.98. The topological polar surface area (TPSA) is 133 Å². The van der Waals surface area contributed by atoms with Gasteiger partial charge in [0.15, 0.2) is 0 Å². The maximum Gasteiger partial charge on any atom is 0.320 e. The molecular weight excluding hydrogens is 420 g/mol. The second-order valence-corrected chi connectivity index (χ2v) is 9.53. The van der Waals surface area contributed by atoms with Crippen LogP contribution >= 0.6 is 43.5 Å². The monoisotopic (exact) mass is 444 g/mol. The van der Waals surface area contributed by atoms with Crippen molar-refractivity contribution in [3.8, 4) is 0 Å². The highest BCUT2D eigenvalue weighted by atomic mass is 33.1. The van der Waals surface area contributed by atoms with Crippen LogP contribution in [-0.4, -0.2) is 45.5 Å². The van der Waals surface area contributed by atoms with Crippen molar-refractivity contribution in [1.29, 1.82) is 0 Å². The van der Waals surface area contributed by atoms with E-state index in [0.717, 1.165) is 59.1 Å². The van der Waals surface area contributed by atoms with E-state index in [0.29, 0.717) is 12.8 Å². The predicted molar refractivity (Wildman–Crippen MR) is 109 cm³/mol. The summed E-state index contributed by atoms with van der Waals surface area (Å²) in [5, 5.41) is 17.0. The first-order valence-electron chi connectivity index (χ1n) is 8.04. The minimum atomic E-state index is -0.792. The Hall–Kier alpha value is -0.720. The van der Waals surface area contributed by atoms with Gasteiger partial charge >= 0.3 is 23.8 Å². The molecule has 0 saturated carbocycles. The Kier molecular flexibility index (Phi) is 17.2. The molecule has 0 aliphatic carbocycles. The van der Waals surface area contributed by atoms with Crippen LogP contribution in [-0.2, 0) is 19.2 Å². The van der Waals surface area contributed by atoms with Crippen LogP contribution in [0.1, 0.15) is 51.4 Å². The molecule has 0 aromatic heterocycles. The number of hydrogen-bond acceptors (Lipinski definition) is 8. The number of rotatable bonds is 16. The molecule has 0 aliphatic rings. The zero-order chi connectivity index (χ0) is 19.6. The smallest absolute Gasteiger partial charge is 0.320 e.